The van der Waals surface area contributed by atoms with Gasteiger partial charge >= 0.3 is 0 Å². The lowest BCUT2D eigenvalue weighted by Crippen LogP contribution is -2.04. The van der Waals surface area contributed by atoms with E-state index in [0.29, 0.717) is 0 Å². The van der Waals surface area contributed by atoms with Crippen LogP contribution in [0.2, 0.25) is 0 Å². The molecule has 10 heteroatoms. The van der Waals surface area contributed by atoms with Crippen LogP contribution >= 0.6 is 0 Å². The van der Waals surface area contributed by atoms with Crippen LogP contribution in [0.25, 0.3) is 0 Å². The average Bonchev–Trinajstić information content (AvgIpc) is 2.61. The number of hydrogen-bond acceptors (Lipinski definition) is 5. The largest absolute Gasteiger partial charge is 0.483 e. The van der Waals surface area contributed by atoms with Crippen LogP contribution in [0.4, 0.5) is 0 Å². The molecule has 168 valence electrons. The van der Waals surface area contributed by atoms with Gasteiger partial charge in [-0.1, -0.05) is 61.6 Å². The minimum atomic E-state index is -4.02. The third-order valence-corrected chi connectivity index (χ3v) is 5.77. The standard InChI is InChI=1S/2C7H8O3S.C5H10.CH2O2/c2*1-6-2-4-7(5-3-6)11(8,9)10;1-5-3-2-4-5;2-1-3/h2*2-5H,1H3,(H,8,9,10);5H,2-4H2,1H3;1H,(H,2,3). The Labute approximate surface area is 178 Å². The summed E-state index contributed by atoms with van der Waals surface area (Å²) in [5.74, 6) is 1.06. The van der Waals surface area contributed by atoms with Gasteiger partial charge < -0.3 is 5.11 Å². The van der Waals surface area contributed by atoms with E-state index in [-0.39, 0.29) is 16.3 Å². The number of benzene rings is 2. The first-order valence-electron chi connectivity index (χ1n) is 8.97. The third-order valence-electron chi connectivity index (χ3n) is 4.03. The molecule has 30 heavy (non-hydrogen) atoms. The first-order chi connectivity index (χ1) is 13.8. The van der Waals surface area contributed by atoms with Crippen molar-refractivity contribution in [2.45, 2.75) is 49.8 Å². The van der Waals surface area contributed by atoms with Gasteiger partial charge in [-0.3, -0.25) is 13.9 Å². The highest BCUT2D eigenvalue weighted by Crippen LogP contribution is 2.24. The first kappa shape index (κ1) is 27.7. The number of carboxylic acid groups (broad SMARTS) is 1. The van der Waals surface area contributed by atoms with Crippen molar-refractivity contribution in [2.75, 3.05) is 0 Å². The van der Waals surface area contributed by atoms with Crippen molar-refractivity contribution < 1.29 is 35.8 Å². The summed E-state index contributed by atoms with van der Waals surface area (Å²) in [6, 6.07) is 12.0. The van der Waals surface area contributed by atoms with Crippen LogP contribution < -0.4 is 0 Å². The zero-order valence-corrected chi connectivity index (χ0v) is 18.7. The average molecular weight is 461 g/mol. The van der Waals surface area contributed by atoms with Crippen molar-refractivity contribution >= 4 is 26.7 Å². The molecule has 1 aliphatic rings. The van der Waals surface area contributed by atoms with E-state index in [2.05, 4.69) is 6.92 Å². The second-order valence-corrected chi connectivity index (χ2v) is 9.56. The van der Waals surface area contributed by atoms with Gasteiger partial charge in [0.1, 0.15) is 0 Å². The monoisotopic (exact) mass is 460 g/mol. The fourth-order valence-corrected chi connectivity index (χ4v) is 2.99. The van der Waals surface area contributed by atoms with Crippen molar-refractivity contribution in [3.63, 3.8) is 0 Å². The van der Waals surface area contributed by atoms with E-state index in [4.69, 9.17) is 19.0 Å². The molecule has 0 unspecified atom stereocenters. The van der Waals surface area contributed by atoms with Crippen molar-refractivity contribution in [2.24, 2.45) is 5.92 Å². The Kier molecular flexibility index (Phi) is 12.1. The zero-order chi connectivity index (χ0) is 23.4. The van der Waals surface area contributed by atoms with E-state index >= 15 is 0 Å². The highest BCUT2D eigenvalue weighted by Gasteiger charge is 2.09. The van der Waals surface area contributed by atoms with Crippen LogP contribution in [0.3, 0.4) is 0 Å². The molecule has 0 saturated heterocycles. The summed E-state index contributed by atoms with van der Waals surface area (Å²) >= 11 is 0. The molecule has 1 saturated carbocycles. The Morgan fingerprint density at radius 3 is 1.13 bits per heavy atom. The molecule has 0 amide bonds. The Balaban J connectivity index is 0.000000415. The molecule has 2 aromatic rings. The van der Waals surface area contributed by atoms with Crippen LogP contribution in [0.1, 0.15) is 37.3 Å². The smallest absolute Gasteiger partial charge is 0.294 e. The Bertz CT molecular complexity index is 887. The molecule has 1 aliphatic carbocycles. The van der Waals surface area contributed by atoms with Crippen LogP contribution in [-0.4, -0.2) is 37.5 Å². The van der Waals surface area contributed by atoms with Crippen molar-refractivity contribution in [1.82, 2.24) is 0 Å². The fraction of sp³-hybridized carbons (Fsp3) is 0.350. The maximum absolute atomic E-state index is 10.5. The highest BCUT2D eigenvalue weighted by atomic mass is 32.2. The molecule has 0 atom stereocenters. The van der Waals surface area contributed by atoms with Crippen molar-refractivity contribution in [1.29, 1.82) is 0 Å². The van der Waals surface area contributed by atoms with Gasteiger partial charge in [-0.25, -0.2) is 0 Å². The minimum Gasteiger partial charge on any atom is -0.483 e. The molecular weight excluding hydrogens is 432 g/mol. The van der Waals surface area contributed by atoms with Gasteiger partial charge in [0, 0.05) is 0 Å². The summed E-state index contributed by atoms with van der Waals surface area (Å²) < 4.78 is 59.1. The van der Waals surface area contributed by atoms with E-state index in [1.807, 2.05) is 13.8 Å². The van der Waals surface area contributed by atoms with E-state index in [0.717, 1.165) is 17.0 Å². The lowest BCUT2D eigenvalue weighted by Gasteiger charge is -2.18. The minimum absolute atomic E-state index is 0.0666. The van der Waals surface area contributed by atoms with Gasteiger partial charge in [0.25, 0.3) is 26.7 Å². The van der Waals surface area contributed by atoms with Crippen LogP contribution in [0.5, 0.6) is 0 Å². The third kappa shape index (κ3) is 12.3. The molecule has 0 aromatic heterocycles. The van der Waals surface area contributed by atoms with Gasteiger partial charge in [-0.05, 0) is 44.0 Å². The maximum atomic E-state index is 10.5. The summed E-state index contributed by atoms with van der Waals surface area (Å²) in [5, 5.41) is 6.89. The van der Waals surface area contributed by atoms with E-state index < -0.39 is 20.2 Å². The number of hydrogen-bond donors (Lipinski definition) is 3. The zero-order valence-electron chi connectivity index (χ0n) is 17.1. The molecule has 2 aromatic carbocycles. The Hall–Kier alpha value is -2.27. The lowest BCUT2D eigenvalue weighted by atomic mass is 9.88. The normalized spacial score (nSPS) is 13.1. The molecule has 1 fully saturated rings. The maximum Gasteiger partial charge on any atom is 0.294 e. The summed E-state index contributed by atoms with van der Waals surface area (Å²) in [5.41, 5.74) is 1.91. The van der Waals surface area contributed by atoms with Crippen molar-refractivity contribution in [3.8, 4) is 0 Å². The van der Waals surface area contributed by atoms with E-state index in [1.165, 1.54) is 43.5 Å². The predicted molar refractivity (Wildman–Crippen MR) is 114 cm³/mol. The molecule has 3 rings (SSSR count). The molecule has 0 heterocycles. The van der Waals surface area contributed by atoms with E-state index in [1.54, 1.807) is 24.3 Å². The Morgan fingerprint density at radius 1 is 0.767 bits per heavy atom. The van der Waals surface area contributed by atoms with Gasteiger partial charge in [0.2, 0.25) is 0 Å². The molecule has 0 spiro atoms. The van der Waals surface area contributed by atoms with Crippen molar-refractivity contribution in [3.05, 3.63) is 59.7 Å². The van der Waals surface area contributed by atoms with Crippen LogP contribution in [0, 0.1) is 19.8 Å². The molecule has 0 bridgehead atoms. The fourth-order valence-electron chi connectivity index (χ4n) is 2.03. The molecular formula is C20H28O8S2. The molecule has 0 aliphatic heterocycles. The SMILES string of the molecule is CC1CCC1.Cc1ccc(S(=O)(=O)O)cc1.Cc1ccc(S(=O)(=O)O)cc1.O=CO. The van der Waals surface area contributed by atoms with Gasteiger partial charge in [0.15, 0.2) is 0 Å². The van der Waals surface area contributed by atoms with Gasteiger partial charge in [0.05, 0.1) is 9.79 Å². The lowest BCUT2D eigenvalue weighted by molar-refractivity contribution is -0.122. The molecule has 3 N–H and O–H groups in total. The van der Waals surface area contributed by atoms with E-state index in [9.17, 15) is 16.8 Å². The molecule has 0 radical (unpaired) electrons. The number of rotatable bonds is 2. The first-order valence-corrected chi connectivity index (χ1v) is 11.9. The topological polar surface area (TPSA) is 146 Å². The Morgan fingerprint density at radius 2 is 1.00 bits per heavy atom. The van der Waals surface area contributed by atoms with Crippen LogP contribution in [0.15, 0.2) is 58.3 Å². The number of aryl methyl sites for hydroxylation is 2. The number of carbonyl (C=O) groups is 1. The van der Waals surface area contributed by atoms with Crippen LogP contribution in [-0.2, 0) is 25.0 Å². The second kappa shape index (κ2) is 13.1. The predicted octanol–water partition coefficient (Wildman–Crippen LogP) is 3.99. The summed E-state index contributed by atoms with van der Waals surface area (Å²) in [6.07, 6.45) is 4.46. The summed E-state index contributed by atoms with van der Waals surface area (Å²) in [7, 11) is -8.04. The summed E-state index contributed by atoms with van der Waals surface area (Å²) in [4.78, 5) is 8.23. The van der Waals surface area contributed by atoms with Gasteiger partial charge in [-0.15, -0.1) is 0 Å². The molecule has 8 nitrogen and oxygen atoms in total. The highest BCUT2D eigenvalue weighted by molar-refractivity contribution is 7.86. The van der Waals surface area contributed by atoms with Gasteiger partial charge in [-0.2, -0.15) is 16.8 Å². The second-order valence-electron chi connectivity index (χ2n) is 6.72. The summed E-state index contributed by atoms with van der Waals surface area (Å²) in [6.45, 7) is 5.74. The quantitative estimate of drug-likeness (QED) is 0.450.